The fourth-order valence-electron chi connectivity index (χ4n) is 3.07. The summed E-state index contributed by atoms with van der Waals surface area (Å²) in [5.41, 5.74) is 11.6. The van der Waals surface area contributed by atoms with Crippen LogP contribution in [0.15, 0.2) is 24.3 Å². The molecule has 1 amide bonds. The van der Waals surface area contributed by atoms with Crippen molar-refractivity contribution < 1.29 is 18.0 Å². The average Bonchev–Trinajstić information content (AvgIpc) is 2.82. The number of nitrogens with zero attached hydrogens (tertiary/aromatic N) is 2. The highest BCUT2D eigenvalue weighted by Crippen LogP contribution is 2.39. The minimum Gasteiger partial charge on any atom is -0.383 e. The topological polar surface area (TPSA) is 86.9 Å². The molecule has 1 aromatic heterocycles. The van der Waals surface area contributed by atoms with Crippen molar-refractivity contribution in [3.8, 4) is 0 Å². The van der Waals surface area contributed by atoms with Gasteiger partial charge in [0.25, 0.3) is 5.91 Å². The third-order valence-electron chi connectivity index (χ3n) is 4.22. The van der Waals surface area contributed by atoms with Gasteiger partial charge < -0.3 is 11.5 Å². The number of nitrogen functional groups attached to an aromatic ring is 1. The first kappa shape index (κ1) is 19.8. The molecule has 2 rings (SSSR count). The molecule has 8 heteroatoms. The highest BCUT2D eigenvalue weighted by Gasteiger charge is 2.34. The summed E-state index contributed by atoms with van der Waals surface area (Å²) in [5, 5.41) is 4.43. The van der Waals surface area contributed by atoms with Crippen LogP contribution in [0.1, 0.15) is 60.9 Å². The maximum atomic E-state index is 12.8. The van der Waals surface area contributed by atoms with Crippen molar-refractivity contribution in [2.75, 3.05) is 5.73 Å². The van der Waals surface area contributed by atoms with Crippen LogP contribution >= 0.6 is 0 Å². The molecule has 142 valence electrons. The molecule has 4 N–H and O–H groups in total. The van der Waals surface area contributed by atoms with Crippen LogP contribution in [0.4, 0.5) is 19.0 Å². The van der Waals surface area contributed by atoms with Gasteiger partial charge in [0.1, 0.15) is 11.4 Å². The number of hydrogen-bond acceptors (Lipinski definition) is 3. The second-order valence-electron chi connectivity index (χ2n) is 7.26. The lowest BCUT2D eigenvalue weighted by atomic mass is 9.82. The van der Waals surface area contributed by atoms with Gasteiger partial charge in [-0.2, -0.15) is 18.3 Å². The highest BCUT2D eigenvalue weighted by atomic mass is 19.4. The lowest BCUT2D eigenvalue weighted by molar-refractivity contribution is -0.137. The molecule has 0 saturated carbocycles. The van der Waals surface area contributed by atoms with Crippen molar-refractivity contribution in [3.63, 3.8) is 0 Å². The fraction of sp³-hybridized carbons (Fsp3) is 0.444. The summed E-state index contributed by atoms with van der Waals surface area (Å²) >= 11 is 0. The zero-order chi connectivity index (χ0) is 19.9. The van der Waals surface area contributed by atoms with E-state index in [1.54, 1.807) is 0 Å². The summed E-state index contributed by atoms with van der Waals surface area (Å²) in [6.07, 6.45) is -3.95. The quantitative estimate of drug-likeness (QED) is 0.861. The van der Waals surface area contributed by atoms with E-state index in [4.69, 9.17) is 11.5 Å². The summed E-state index contributed by atoms with van der Waals surface area (Å²) in [6, 6.07) is 4.42. The van der Waals surface area contributed by atoms with Gasteiger partial charge >= 0.3 is 6.18 Å². The van der Waals surface area contributed by atoms with Gasteiger partial charge in [-0.05, 0) is 29.5 Å². The monoisotopic (exact) mass is 368 g/mol. The molecule has 0 fully saturated rings. The van der Waals surface area contributed by atoms with Crippen molar-refractivity contribution in [2.45, 2.75) is 46.3 Å². The molecule has 0 aliphatic rings. The number of benzene rings is 1. The van der Waals surface area contributed by atoms with E-state index in [1.807, 2.05) is 27.7 Å². The normalized spacial score (nSPS) is 13.7. The Morgan fingerprint density at radius 2 is 1.73 bits per heavy atom. The zero-order valence-electron chi connectivity index (χ0n) is 15.2. The Morgan fingerprint density at radius 1 is 1.19 bits per heavy atom. The van der Waals surface area contributed by atoms with Crippen LogP contribution in [0.5, 0.6) is 0 Å². The van der Waals surface area contributed by atoms with Crippen molar-refractivity contribution >= 4 is 11.7 Å². The number of hydrogen-bond donors (Lipinski definition) is 2. The first-order chi connectivity index (χ1) is 11.9. The Balaban J connectivity index is 2.62. The largest absolute Gasteiger partial charge is 0.416 e. The molecule has 1 heterocycles. The Morgan fingerprint density at radius 3 is 2.08 bits per heavy atom. The molecule has 0 aliphatic carbocycles. The lowest BCUT2D eigenvalue weighted by Crippen LogP contribution is -2.28. The first-order valence-electron chi connectivity index (χ1n) is 8.21. The van der Waals surface area contributed by atoms with Gasteiger partial charge in [0.15, 0.2) is 0 Å². The molecule has 1 aromatic carbocycles. The van der Waals surface area contributed by atoms with Crippen molar-refractivity contribution in [1.82, 2.24) is 9.78 Å². The van der Waals surface area contributed by atoms with Crippen LogP contribution in [0, 0.1) is 5.41 Å². The molecule has 0 radical (unpaired) electrons. The van der Waals surface area contributed by atoms with E-state index in [2.05, 4.69) is 5.10 Å². The number of aromatic nitrogens is 2. The standard InChI is InChI=1S/C18H23F3N4O/c1-5-12-13(16(23)26)15(22)25(24-12)14(17(2,3)4)10-6-8-11(9-7-10)18(19,20)21/h6-9,14H,5,22H2,1-4H3,(H2,23,26). The van der Waals surface area contributed by atoms with E-state index in [-0.39, 0.29) is 11.4 Å². The van der Waals surface area contributed by atoms with E-state index in [9.17, 15) is 18.0 Å². The number of halogens is 3. The Hall–Kier alpha value is -2.51. The first-order valence-corrected chi connectivity index (χ1v) is 8.21. The van der Waals surface area contributed by atoms with Gasteiger partial charge in [-0.15, -0.1) is 0 Å². The molecule has 5 nitrogen and oxygen atoms in total. The van der Waals surface area contributed by atoms with Crippen LogP contribution in [0.3, 0.4) is 0 Å². The van der Waals surface area contributed by atoms with Gasteiger partial charge in [0.2, 0.25) is 0 Å². The molecule has 1 unspecified atom stereocenters. The molecule has 0 spiro atoms. The summed E-state index contributed by atoms with van der Waals surface area (Å²) < 4.78 is 40.0. The molecule has 0 bridgehead atoms. The van der Waals surface area contributed by atoms with Gasteiger partial charge in [0, 0.05) is 0 Å². The maximum Gasteiger partial charge on any atom is 0.416 e. The third kappa shape index (κ3) is 3.68. The number of alkyl halides is 3. The molecule has 0 aliphatic heterocycles. The van der Waals surface area contributed by atoms with Gasteiger partial charge in [0.05, 0.1) is 17.3 Å². The number of carbonyl (C=O) groups excluding carboxylic acids is 1. The van der Waals surface area contributed by atoms with Crippen LogP contribution < -0.4 is 11.5 Å². The van der Waals surface area contributed by atoms with E-state index >= 15 is 0 Å². The number of nitrogens with two attached hydrogens (primary N) is 2. The summed E-state index contributed by atoms with van der Waals surface area (Å²) in [4.78, 5) is 11.7. The molecule has 0 saturated heterocycles. The second kappa shape index (κ2) is 6.66. The summed E-state index contributed by atoms with van der Waals surface area (Å²) in [6.45, 7) is 7.59. The number of amides is 1. The minimum absolute atomic E-state index is 0.120. The molecule has 1 atom stereocenters. The van der Waals surface area contributed by atoms with E-state index < -0.39 is 29.1 Å². The van der Waals surface area contributed by atoms with Crippen molar-refractivity contribution in [1.29, 1.82) is 0 Å². The Bertz CT molecular complexity index is 802. The summed E-state index contributed by atoms with van der Waals surface area (Å²) in [7, 11) is 0. The predicted octanol–water partition coefficient (Wildman–Crippen LogP) is 3.78. The smallest absolute Gasteiger partial charge is 0.383 e. The molecular formula is C18H23F3N4O. The lowest BCUT2D eigenvalue weighted by Gasteiger charge is -2.32. The SMILES string of the molecule is CCc1nn(C(c2ccc(C(F)(F)F)cc2)C(C)(C)C)c(N)c1C(N)=O. The van der Waals surface area contributed by atoms with E-state index in [0.717, 1.165) is 12.1 Å². The van der Waals surface area contributed by atoms with E-state index in [1.165, 1.54) is 16.8 Å². The number of anilines is 1. The van der Waals surface area contributed by atoms with Crippen LogP contribution in [0.2, 0.25) is 0 Å². The van der Waals surface area contributed by atoms with Gasteiger partial charge in [-0.1, -0.05) is 39.8 Å². The second-order valence-corrected chi connectivity index (χ2v) is 7.26. The Kier molecular flexibility index (Phi) is 5.07. The Labute approximate surface area is 150 Å². The van der Waals surface area contributed by atoms with E-state index in [0.29, 0.717) is 17.7 Å². The number of carbonyl (C=O) groups is 1. The number of aryl methyl sites for hydroxylation is 1. The molecule has 2 aromatic rings. The number of rotatable bonds is 4. The maximum absolute atomic E-state index is 12.8. The molecule has 26 heavy (non-hydrogen) atoms. The van der Waals surface area contributed by atoms with Crippen LogP contribution in [0.25, 0.3) is 0 Å². The fourth-order valence-corrected chi connectivity index (χ4v) is 3.07. The van der Waals surface area contributed by atoms with Gasteiger partial charge in [-0.3, -0.25) is 4.79 Å². The number of primary amides is 1. The van der Waals surface area contributed by atoms with Crippen LogP contribution in [-0.4, -0.2) is 15.7 Å². The average molecular weight is 368 g/mol. The molecular weight excluding hydrogens is 345 g/mol. The predicted molar refractivity (Wildman–Crippen MR) is 93.6 cm³/mol. The van der Waals surface area contributed by atoms with Crippen molar-refractivity contribution in [3.05, 3.63) is 46.6 Å². The highest BCUT2D eigenvalue weighted by molar-refractivity contribution is 5.98. The van der Waals surface area contributed by atoms with Crippen molar-refractivity contribution in [2.24, 2.45) is 11.1 Å². The zero-order valence-corrected chi connectivity index (χ0v) is 15.2. The van der Waals surface area contributed by atoms with Gasteiger partial charge in [-0.25, -0.2) is 4.68 Å². The third-order valence-corrected chi connectivity index (χ3v) is 4.22. The van der Waals surface area contributed by atoms with Crippen LogP contribution in [-0.2, 0) is 12.6 Å². The minimum atomic E-state index is -4.41. The summed E-state index contributed by atoms with van der Waals surface area (Å²) in [5.74, 6) is -0.556.